The summed E-state index contributed by atoms with van der Waals surface area (Å²) in [5.74, 6) is 0.124. The standard InChI is InChI=1S/C22H28N4O2.2ClH/c1-16(23)18-9-12-26(13-10-18)22(28)20(14-17-6-3-2-4-7-17)25-21(27)19-8-5-11-24-15-19;;/h2-8,11,15-16,18,20H,9-10,12-14,23H2,1H3,(H,25,27);2*1H. The van der Waals surface area contributed by atoms with Gasteiger partial charge in [-0.25, -0.2) is 0 Å². The predicted octanol–water partition coefficient (Wildman–Crippen LogP) is 2.85. The highest BCUT2D eigenvalue weighted by Gasteiger charge is 2.30. The van der Waals surface area contributed by atoms with E-state index >= 15 is 0 Å². The fourth-order valence-corrected chi connectivity index (χ4v) is 3.65. The van der Waals surface area contributed by atoms with Crippen molar-refractivity contribution in [1.29, 1.82) is 0 Å². The lowest BCUT2D eigenvalue weighted by Crippen LogP contribution is -2.52. The van der Waals surface area contributed by atoms with Crippen molar-refractivity contribution in [3.8, 4) is 0 Å². The molecule has 1 saturated heterocycles. The number of nitrogens with two attached hydrogens (primary N) is 1. The van der Waals surface area contributed by atoms with Crippen LogP contribution < -0.4 is 11.1 Å². The number of piperidine rings is 1. The van der Waals surface area contributed by atoms with Crippen LogP contribution in [0.1, 0.15) is 35.7 Å². The van der Waals surface area contributed by atoms with E-state index in [-0.39, 0.29) is 42.7 Å². The van der Waals surface area contributed by atoms with Gasteiger partial charge in [0.2, 0.25) is 5.91 Å². The number of hydrogen-bond acceptors (Lipinski definition) is 4. The minimum absolute atomic E-state index is 0. The first-order valence-corrected chi connectivity index (χ1v) is 9.84. The largest absolute Gasteiger partial charge is 0.341 e. The van der Waals surface area contributed by atoms with Gasteiger partial charge in [-0.05, 0) is 43.4 Å². The molecule has 0 spiro atoms. The summed E-state index contributed by atoms with van der Waals surface area (Å²) in [5.41, 5.74) is 7.47. The van der Waals surface area contributed by atoms with Gasteiger partial charge in [0.05, 0.1) is 5.56 Å². The van der Waals surface area contributed by atoms with Crippen LogP contribution in [0.3, 0.4) is 0 Å². The average Bonchev–Trinajstić information content (AvgIpc) is 2.74. The van der Waals surface area contributed by atoms with Gasteiger partial charge >= 0.3 is 0 Å². The van der Waals surface area contributed by atoms with Gasteiger partial charge < -0.3 is 16.0 Å². The molecule has 1 aromatic heterocycles. The number of halogens is 2. The fourth-order valence-electron chi connectivity index (χ4n) is 3.65. The van der Waals surface area contributed by atoms with E-state index in [1.807, 2.05) is 42.2 Å². The number of aromatic nitrogens is 1. The zero-order chi connectivity index (χ0) is 19.9. The summed E-state index contributed by atoms with van der Waals surface area (Å²) < 4.78 is 0. The lowest BCUT2D eigenvalue weighted by molar-refractivity contribution is -0.134. The second-order valence-corrected chi connectivity index (χ2v) is 7.48. The number of nitrogens with one attached hydrogen (secondary N) is 1. The van der Waals surface area contributed by atoms with Crippen molar-refractivity contribution in [2.75, 3.05) is 13.1 Å². The Kier molecular flexibility index (Phi) is 10.8. The van der Waals surface area contributed by atoms with Gasteiger partial charge in [-0.15, -0.1) is 24.8 Å². The lowest BCUT2D eigenvalue weighted by atomic mass is 9.90. The van der Waals surface area contributed by atoms with Gasteiger partial charge in [0, 0.05) is 37.9 Å². The molecule has 0 bridgehead atoms. The Morgan fingerprint density at radius 1 is 1.13 bits per heavy atom. The van der Waals surface area contributed by atoms with E-state index < -0.39 is 6.04 Å². The van der Waals surface area contributed by atoms with E-state index in [4.69, 9.17) is 5.73 Å². The quantitative estimate of drug-likeness (QED) is 0.704. The number of nitrogens with zero attached hydrogens (tertiary/aromatic N) is 2. The highest BCUT2D eigenvalue weighted by molar-refractivity contribution is 5.97. The molecule has 164 valence electrons. The summed E-state index contributed by atoms with van der Waals surface area (Å²) in [6.07, 6.45) is 5.38. The van der Waals surface area contributed by atoms with Crippen LogP contribution in [-0.2, 0) is 11.2 Å². The molecule has 0 radical (unpaired) electrons. The summed E-state index contributed by atoms with van der Waals surface area (Å²) in [4.78, 5) is 31.7. The molecule has 2 amide bonds. The zero-order valence-electron chi connectivity index (χ0n) is 17.1. The van der Waals surface area contributed by atoms with Gasteiger partial charge in [0.25, 0.3) is 5.91 Å². The molecule has 0 aliphatic carbocycles. The van der Waals surface area contributed by atoms with E-state index in [1.54, 1.807) is 18.3 Å². The maximum atomic E-state index is 13.2. The Morgan fingerprint density at radius 3 is 2.37 bits per heavy atom. The zero-order valence-corrected chi connectivity index (χ0v) is 18.7. The number of hydrogen-bond donors (Lipinski definition) is 2. The molecule has 30 heavy (non-hydrogen) atoms. The Morgan fingerprint density at radius 2 is 1.80 bits per heavy atom. The summed E-state index contributed by atoms with van der Waals surface area (Å²) in [6.45, 7) is 3.38. The molecule has 2 aromatic rings. The first kappa shape index (κ1) is 25.9. The molecule has 0 saturated carbocycles. The molecule has 1 aliphatic heterocycles. The molecule has 2 atom stereocenters. The van der Waals surface area contributed by atoms with Crippen molar-refractivity contribution < 1.29 is 9.59 Å². The van der Waals surface area contributed by atoms with Crippen LogP contribution in [-0.4, -0.2) is 46.9 Å². The number of pyridine rings is 1. The number of likely N-dealkylation sites (tertiary alicyclic amines) is 1. The average molecular weight is 453 g/mol. The molecule has 1 aliphatic rings. The topological polar surface area (TPSA) is 88.3 Å². The van der Waals surface area contributed by atoms with Crippen molar-refractivity contribution in [1.82, 2.24) is 15.2 Å². The van der Waals surface area contributed by atoms with Crippen LogP contribution in [0.25, 0.3) is 0 Å². The van der Waals surface area contributed by atoms with Crippen molar-refractivity contribution in [2.45, 2.75) is 38.3 Å². The number of carbonyl (C=O) groups is 2. The second-order valence-electron chi connectivity index (χ2n) is 7.48. The van der Waals surface area contributed by atoms with Crippen LogP contribution >= 0.6 is 24.8 Å². The van der Waals surface area contributed by atoms with Gasteiger partial charge in [-0.2, -0.15) is 0 Å². The molecule has 3 rings (SSSR count). The smallest absolute Gasteiger partial charge is 0.253 e. The SMILES string of the molecule is CC(N)C1CCN(C(=O)C(Cc2ccccc2)NC(=O)c2cccnc2)CC1.Cl.Cl. The number of amides is 2. The van der Waals surface area contributed by atoms with E-state index in [9.17, 15) is 9.59 Å². The third-order valence-corrected chi connectivity index (χ3v) is 5.40. The van der Waals surface area contributed by atoms with Gasteiger partial charge in [0.1, 0.15) is 6.04 Å². The minimum atomic E-state index is -0.609. The predicted molar refractivity (Wildman–Crippen MR) is 123 cm³/mol. The normalized spacial score (nSPS) is 15.9. The number of carbonyl (C=O) groups excluding carboxylic acids is 2. The summed E-state index contributed by atoms with van der Waals surface area (Å²) in [7, 11) is 0. The molecule has 1 fully saturated rings. The molecule has 3 N–H and O–H groups in total. The summed E-state index contributed by atoms with van der Waals surface area (Å²) in [6, 6.07) is 12.7. The van der Waals surface area contributed by atoms with Crippen molar-refractivity contribution in [3.05, 3.63) is 66.0 Å². The Balaban J connectivity index is 0.00000225. The van der Waals surface area contributed by atoms with Gasteiger partial charge in [-0.3, -0.25) is 14.6 Å². The first-order chi connectivity index (χ1) is 13.5. The van der Waals surface area contributed by atoms with E-state index in [0.717, 1.165) is 18.4 Å². The minimum Gasteiger partial charge on any atom is -0.341 e. The summed E-state index contributed by atoms with van der Waals surface area (Å²) in [5, 5.41) is 2.92. The Bertz CT molecular complexity index is 782. The Labute approximate surface area is 190 Å². The highest BCUT2D eigenvalue weighted by atomic mass is 35.5. The van der Waals surface area contributed by atoms with Crippen LogP contribution in [0.15, 0.2) is 54.9 Å². The molecule has 8 heteroatoms. The number of benzene rings is 1. The maximum absolute atomic E-state index is 13.2. The third-order valence-electron chi connectivity index (χ3n) is 5.40. The van der Waals surface area contributed by atoms with E-state index in [0.29, 0.717) is 31.0 Å². The molecular formula is C22H30Cl2N4O2. The summed E-state index contributed by atoms with van der Waals surface area (Å²) >= 11 is 0. The maximum Gasteiger partial charge on any atom is 0.253 e. The van der Waals surface area contributed by atoms with Crippen LogP contribution in [0.5, 0.6) is 0 Å². The molecule has 1 aromatic carbocycles. The molecule has 2 unspecified atom stereocenters. The third kappa shape index (κ3) is 6.97. The van der Waals surface area contributed by atoms with Crippen molar-refractivity contribution in [3.63, 3.8) is 0 Å². The van der Waals surface area contributed by atoms with Crippen LogP contribution in [0.2, 0.25) is 0 Å². The molecular weight excluding hydrogens is 423 g/mol. The van der Waals surface area contributed by atoms with E-state index in [2.05, 4.69) is 10.3 Å². The van der Waals surface area contributed by atoms with Crippen LogP contribution in [0, 0.1) is 5.92 Å². The van der Waals surface area contributed by atoms with Crippen molar-refractivity contribution in [2.24, 2.45) is 11.7 Å². The van der Waals surface area contributed by atoms with Crippen molar-refractivity contribution >= 4 is 36.6 Å². The fraction of sp³-hybridized carbons (Fsp3) is 0.409. The number of rotatable bonds is 6. The highest BCUT2D eigenvalue weighted by Crippen LogP contribution is 2.20. The molecule has 2 heterocycles. The second kappa shape index (κ2) is 12.5. The Hall–Kier alpha value is -2.15. The first-order valence-electron chi connectivity index (χ1n) is 9.84. The van der Waals surface area contributed by atoms with E-state index in [1.165, 1.54) is 6.20 Å². The molecule has 6 nitrogen and oxygen atoms in total. The lowest BCUT2D eigenvalue weighted by Gasteiger charge is -2.35. The van der Waals surface area contributed by atoms with Gasteiger partial charge in [0.15, 0.2) is 0 Å². The monoisotopic (exact) mass is 452 g/mol. The van der Waals surface area contributed by atoms with Crippen LogP contribution in [0.4, 0.5) is 0 Å². The van der Waals surface area contributed by atoms with Gasteiger partial charge in [-0.1, -0.05) is 30.3 Å².